The standard InChI is InChI=1S/C24H33N3O4S/c1-5-31-20-10-12-21(13-11-20)32(29,30)27-16-14-26(15-17-27)19(4)24(28)25-23-9-7-6-8-22(23)18(2)3/h6-13,18-19H,5,14-17H2,1-4H3,(H,25,28). The fourth-order valence-electron chi connectivity index (χ4n) is 3.87. The van der Waals surface area contributed by atoms with Crippen LogP contribution in [0.1, 0.15) is 39.2 Å². The number of hydrogen-bond donors (Lipinski definition) is 1. The van der Waals surface area contributed by atoms with Crippen molar-refractivity contribution in [3.63, 3.8) is 0 Å². The number of rotatable bonds is 8. The number of carbonyl (C=O) groups is 1. The minimum atomic E-state index is -3.58. The fourth-order valence-corrected chi connectivity index (χ4v) is 5.29. The van der Waals surface area contributed by atoms with Crippen LogP contribution in [0.2, 0.25) is 0 Å². The maximum Gasteiger partial charge on any atom is 0.243 e. The van der Waals surface area contributed by atoms with Gasteiger partial charge in [-0.2, -0.15) is 4.31 Å². The Hall–Kier alpha value is -2.42. The molecule has 1 amide bonds. The van der Waals surface area contributed by atoms with Crippen LogP contribution in [0.5, 0.6) is 5.75 Å². The molecule has 1 fully saturated rings. The van der Waals surface area contributed by atoms with Gasteiger partial charge in [-0.15, -0.1) is 0 Å². The molecule has 1 heterocycles. The van der Waals surface area contributed by atoms with Crippen LogP contribution in [0.4, 0.5) is 5.69 Å². The molecule has 1 atom stereocenters. The van der Waals surface area contributed by atoms with E-state index in [4.69, 9.17) is 4.74 Å². The first-order valence-electron chi connectivity index (χ1n) is 11.1. The third-order valence-electron chi connectivity index (χ3n) is 5.81. The zero-order valence-corrected chi connectivity index (χ0v) is 20.1. The van der Waals surface area contributed by atoms with E-state index in [0.717, 1.165) is 11.3 Å². The fraction of sp³-hybridized carbons (Fsp3) is 0.458. The Morgan fingerprint density at radius 1 is 1.00 bits per heavy atom. The molecule has 0 bridgehead atoms. The zero-order valence-electron chi connectivity index (χ0n) is 19.2. The zero-order chi connectivity index (χ0) is 23.3. The first-order valence-corrected chi connectivity index (χ1v) is 12.5. The Morgan fingerprint density at radius 2 is 1.62 bits per heavy atom. The quantitative estimate of drug-likeness (QED) is 0.653. The molecular weight excluding hydrogens is 426 g/mol. The van der Waals surface area contributed by atoms with E-state index >= 15 is 0 Å². The number of anilines is 1. The third kappa shape index (κ3) is 5.49. The maximum atomic E-state index is 13.0. The number of hydrogen-bond acceptors (Lipinski definition) is 5. The Bertz CT molecular complexity index is 1010. The number of nitrogens with one attached hydrogen (secondary N) is 1. The summed E-state index contributed by atoms with van der Waals surface area (Å²) in [5.41, 5.74) is 1.93. The molecule has 1 aliphatic heterocycles. The van der Waals surface area contributed by atoms with Crippen LogP contribution in [0.15, 0.2) is 53.4 Å². The van der Waals surface area contributed by atoms with Gasteiger partial charge in [0, 0.05) is 31.9 Å². The first kappa shape index (κ1) is 24.2. The average molecular weight is 460 g/mol. The topological polar surface area (TPSA) is 79.0 Å². The van der Waals surface area contributed by atoms with Crippen molar-refractivity contribution in [2.45, 2.75) is 44.6 Å². The Balaban J connectivity index is 1.60. The van der Waals surface area contributed by atoms with Crippen molar-refractivity contribution in [1.82, 2.24) is 9.21 Å². The van der Waals surface area contributed by atoms with E-state index in [9.17, 15) is 13.2 Å². The lowest BCUT2D eigenvalue weighted by atomic mass is 10.0. The van der Waals surface area contributed by atoms with Gasteiger partial charge in [-0.1, -0.05) is 32.0 Å². The molecule has 0 aliphatic carbocycles. The van der Waals surface area contributed by atoms with Crippen molar-refractivity contribution >= 4 is 21.6 Å². The number of benzene rings is 2. The summed E-state index contributed by atoms with van der Waals surface area (Å²) < 4.78 is 32.9. The van der Waals surface area contributed by atoms with Gasteiger partial charge in [-0.3, -0.25) is 9.69 Å². The van der Waals surface area contributed by atoms with Gasteiger partial charge in [0.15, 0.2) is 0 Å². The predicted octanol–water partition coefficient (Wildman–Crippen LogP) is 3.54. The smallest absolute Gasteiger partial charge is 0.243 e. The van der Waals surface area contributed by atoms with Gasteiger partial charge in [0.1, 0.15) is 5.75 Å². The molecule has 0 aromatic heterocycles. The lowest BCUT2D eigenvalue weighted by Crippen LogP contribution is -2.53. The van der Waals surface area contributed by atoms with E-state index in [2.05, 4.69) is 19.2 Å². The number of para-hydroxylation sites is 1. The predicted molar refractivity (Wildman–Crippen MR) is 127 cm³/mol. The lowest BCUT2D eigenvalue weighted by molar-refractivity contribution is -0.121. The highest BCUT2D eigenvalue weighted by Gasteiger charge is 2.32. The van der Waals surface area contributed by atoms with Crippen molar-refractivity contribution in [3.8, 4) is 5.75 Å². The van der Waals surface area contributed by atoms with E-state index in [1.54, 1.807) is 24.3 Å². The third-order valence-corrected chi connectivity index (χ3v) is 7.73. The summed E-state index contributed by atoms with van der Waals surface area (Å²) in [6.45, 7) is 10.1. The molecule has 0 saturated carbocycles. The minimum Gasteiger partial charge on any atom is -0.494 e. The molecule has 32 heavy (non-hydrogen) atoms. The molecule has 0 spiro atoms. The van der Waals surface area contributed by atoms with Crippen LogP contribution >= 0.6 is 0 Å². The van der Waals surface area contributed by atoms with Crippen molar-refractivity contribution in [2.75, 3.05) is 38.1 Å². The van der Waals surface area contributed by atoms with E-state index in [0.29, 0.717) is 44.5 Å². The highest BCUT2D eigenvalue weighted by atomic mass is 32.2. The highest BCUT2D eigenvalue weighted by Crippen LogP contribution is 2.25. The second-order valence-electron chi connectivity index (χ2n) is 8.25. The highest BCUT2D eigenvalue weighted by molar-refractivity contribution is 7.89. The molecule has 3 rings (SSSR count). The molecule has 1 unspecified atom stereocenters. The Morgan fingerprint density at radius 3 is 2.22 bits per heavy atom. The van der Waals surface area contributed by atoms with Gasteiger partial charge in [-0.05, 0) is 55.7 Å². The van der Waals surface area contributed by atoms with Gasteiger partial charge in [-0.25, -0.2) is 8.42 Å². The molecule has 2 aromatic rings. The largest absolute Gasteiger partial charge is 0.494 e. The van der Waals surface area contributed by atoms with Crippen LogP contribution in [0.25, 0.3) is 0 Å². The summed E-state index contributed by atoms with van der Waals surface area (Å²) in [6.07, 6.45) is 0. The van der Waals surface area contributed by atoms with Crippen LogP contribution in [-0.4, -0.2) is 62.4 Å². The van der Waals surface area contributed by atoms with Gasteiger partial charge in [0.25, 0.3) is 0 Å². The monoisotopic (exact) mass is 459 g/mol. The Kier molecular flexibility index (Phi) is 7.92. The van der Waals surface area contributed by atoms with Crippen molar-refractivity contribution < 1.29 is 17.9 Å². The normalized spacial score (nSPS) is 16.7. The molecule has 1 N–H and O–H groups in total. The molecule has 1 saturated heterocycles. The summed E-state index contributed by atoms with van der Waals surface area (Å²) in [7, 11) is -3.58. The molecule has 2 aromatic carbocycles. The van der Waals surface area contributed by atoms with E-state index in [1.165, 1.54) is 4.31 Å². The molecule has 7 nitrogen and oxygen atoms in total. The van der Waals surface area contributed by atoms with E-state index in [1.807, 2.05) is 43.0 Å². The second-order valence-corrected chi connectivity index (χ2v) is 10.2. The summed E-state index contributed by atoms with van der Waals surface area (Å²) >= 11 is 0. The van der Waals surface area contributed by atoms with Gasteiger partial charge in [0.2, 0.25) is 15.9 Å². The van der Waals surface area contributed by atoms with E-state index < -0.39 is 10.0 Å². The summed E-state index contributed by atoms with van der Waals surface area (Å²) in [5.74, 6) is 0.870. The molecule has 174 valence electrons. The summed E-state index contributed by atoms with van der Waals surface area (Å²) in [6, 6.07) is 14.0. The van der Waals surface area contributed by atoms with Crippen LogP contribution in [0, 0.1) is 0 Å². The number of ether oxygens (including phenoxy) is 1. The minimum absolute atomic E-state index is 0.0825. The molecule has 8 heteroatoms. The van der Waals surface area contributed by atoms with E-state index in [-0.39, 0.29) is 16.8 Å². The number of nitrogens with zero attached hydrogens (tertiary/aromatic N) is 2. The number of carbonyl (C=O) groups excluding carboxylic acids is 1. The summed E-state index contributed by atoms with van der Waals surface area (Å²) in [5, 5.41) is 3.05. The van der Waals surface area contributed by atoms with Crippen molar-refractivity contribution in [2.24, 2.45) is 0 Å². The number of piperazine rings is 1. The first-order chi connectivity index (χ1) is 15.2. The van der Waals surface area contributed by atoms with Crippen LogP contribution < -0.4 is 10.1 Å². The number of amides is 1. The van der Waals surface area contributed by atoms with Crippen LogP contribution in [0.3, 0.4) is 0 Å². The molecule has 1 aliphatic rings. The maximum absolute atomic E-state index is 13.0. The molecular formula is C24H33N3O4S. The van der Waals surface area contributed by atoms with Gasteiger partial charge >= 0.3 is 0 Å². The lowest BCUT2D eigenvalue weighted by Gasteiger charge is -2.36. The Labute approximate surface area is 191 Å². The van der Waals surface area contributed by atoms with Crippen molar-refractivity contribution in [1.29, 1.82) is 0 Å². The van der Waals surface area contributed by atoms with Crippen LogP contribution in [-0.2, 0) is 14.8 Å². The SMILES string of the molecule is CCOc1ccc(S(=O)(=O)N2CCN(C(C)C(=O)Nc3ccccc3C(C)C)CC2)cc1. The second kappa shape index (κ2) is 10.5. The van der Waals surface area contributed by atoms with Gasteiger partial charge < -0.3 is 10.1 Å². The van der Waals surface area contributed by atoms with Crippen molar-refractivity contribution in [3.05, 3.63) is 54.1 Å². The summed E-state index contributed by atoms with van der Waals surface area (Å²) in [4.78, 5) is 15.2. The average Bonchev–Trinajstić information content (AvgIpc) is 2.79. The number of sulfonamides is 1. The van der Waals surface area contributed by atoms with Gasteiger partial charge in [0.05, 0.1) is 17.5 Å². The molecule has 0 radical (unpaired) electrons.